The summed E-state index contributed by atoms with van der Waals surface area (Å²) in [5.74, 6) is 0. The van der Waals surface area contributed by atoms with Gasteiger partial charge in [-0.3, -0.25) is 0 Å². The van der Waals surface area contributed by atoms with Gasteiger partial charge in [-0.05, 0) is 35.9 Å². The summed E-state index contributed by atoms with van der Waals surface area (Å²) in [5.41, 5.74) is 4.11. The number of halogens is 1. The van der Waals surface area contributed by atoms with Gasteiger partial charge in [-0.15, -0.1) is 0 Å². The first kappa shape index (κ1) is 14.8. The van der Waals surface area contributed by atoms with Crippen LogP contribution >= 0.6 is 15.9 Å². The van der Waals surface area contributed by atoms with Gasteiger partial charge in [0.25, 0.3) is 0 Å². The van der Waals surface area contributed by atoms with Crippen molar-refractivity contribution in [1.29, 1.82) is 0 Å². The number of fused-ring (bicyclic) bond motifs is 1. The van der Waals surface area contributed by atoms with Gasteiger partial charge in [-0.1, -0.05) is 70.5 Å². The van der Waals surface area contributed by atoms with Gasteiger partial charge in [0.05, 0.1) is 10.9 Å². The van der Waals surface area contributed by atoms with Crippen LogP contribution in [-0.4, -0.2) is 0 Å². The largest absolute Gasteiger partial charge is 0.179 e. The Bertz CT molecular complexity index is 854. The van der Waals surface area contributed by atoms with Gasteiger partial charge >= 0.3 is 0 Å². The Labute approximate surface area is 148 Å². The van der Waals surface area contributed by atoms with E-state index in [0.717, 1.165) is 4.47 Å². The highest BCUT2D eigenvalue weighted by Gasteiger charge is 2.37. The molecule has 4 rings (SSSR count). The number of rotatable bonds is 2. The summed E-state index contributed by atoms with van der Waals surface area (Å²) >= 11 is 3.63. The predicted molar refractivity (Wildman–Crippen MR) is 104 cm³/mol. The summed E-state index contributed by atoms with van der Waals surface area (Å²) < 4.78 is 1.14. The van der Waals surface area contributed by atoms with E-state index in [-0.39, 0.29) is 10.9 Å². The molecule has 0 spiro atoms. The smallest absolute Gasteiger partial charge is 0.0619 e. The molecule has 0 aliphatic carbocycles. The Balaban J connectivity index is 1.90. The van der Waals surface area contributed by atoms with Crippen LogP contribution in [0.1, 0.15) is 21.9 Å². The summed E-state index contributed by atoms with van der Waals surface area (Å²) in [6, 6.07) is 28.3. The van der Waals surface area contributed by atoms with E-state index in [9.17, 15) is 0 Å². The highest BCUT2D eigenvalue weighted by molar-refractivity contribution is 9.10. The standard InChI is InChI=1S/C21H16BrS/c22-18-9-6-8-17(15-18)21-20-12-5-4-7-16(20)13-14-23(21)19-10-2-1-3-11-19/h1-15,21H/q+1. The number of benzene rings is 3. The molecule has 1 aliphatic rings. The maximum Gasteiger partial charge on any atom is 0.179 e. The lowest BCUT2D eigenvalue weighted by Crippen LogP contribution is -2.17. The fraction of sp³-hybridized carbons (Fsp3) is 0.0476. The van der Waals surface area contributed by atoms with Gasteiger partial charge in [0.15, 0.2) is 10.1 Å². The molecule has 0 aromatic heterocycles. The second-order valence-electron chi connectivity index (χ2n) is 5.55. The van der Waals surface area contributed by atoms with E-state index in [4.69, 9.17) is 0 Å². The molecular formula is C21H16BrS+. The minimum Gasteiger partial charge on any atom is -0.0619 e. The molecule has 0 radical (unpaired) electrons. The fourth-order valence-corrected chi connectivity index (χ4v) is 5.75. The molecule has 0 bridgehead atoms. The molecule has 23 heavy (non-hydrogen) atoms. The molecule has 112 valence electrons. The van der Waals surface area contributed by atoms with E-state index >= 15 is 0 Å². The number of hydrogen-bond donors (Lipinski definition) is 0. The van der Waals surface area contributed by atoms with Gasteiger partial charge in [0.1, 0.15) is 5.41 Å². The van der Waals surface area contributed by atoms with Gasteiger partial charge in [-0.2, -0.15) is 0 Å². The zero-order valence-corrected chi connectivity index (χ0v) is 14.9. The lowest BCUT2D eigenvalue weighted by molar-refractivity contribution is 1.12. The van der Waals surface area contributed by atoms with Crippen LogP contribution < -0.4 is 0 Å². The fourth-order valence-electron chi connectivity index (χ4n) is 3.05. The van der Waals surface area contributed by atoms with Crippen LogP contribution in [0.4, 0.5) is 0 Å². The van der Waals surface area contributed by atoms with Crippen molar-refractivity contribution in [1.82, 2.24) is 0 Å². The number of hydrogen-bond acceptors (Lipinski definition) is 0. The van der Waals surface area contributed by atoms with Crippen LogP contribution in [0.2, 0.25) is 0 Å². The van der Waals surface area contributed by atoms with E-state index < -0.39 is 0 Å². The summed E-state index contributed by atoms with van der Waals surface area (Å²) in [6.45, 7) is 0. The maximum absolute atomic E-state index is 3.63. The third kappa shape index (κ3) is 2.89. The van der Waals surface area contributed by atoms with Crippen LogP contribution in [-0.2, 0) is 10.9 Å². The molecule has 2 unspecified atom stereocenters. The Morgan fingerprint density at radius 1 is 0.783 bits per heavy atom. The van der Waals surface area contributed by atoms with Crippen molar-refractivity contribution in [3.8, 4) is 0 Å². The van der Waals surface area contributed by atoms with Crippen LogP contribution in [0.25, 0.3) is 6.08 Å². The first-order chi connectivity index (χ1) is 11.3. The molecule has 0 nitrogen and oxygen atoms in total. The van der Waals surface area contributed by atoms with E-state index in [2.05, 4.69) is 106 Å². The summed E-state index contributed by atoms with van der Waals surface area (Å²) in [4.78, 5) is 1.39. The average molecular weight is 380 g/mol. The first-order valence-electron chi connectivity index (χ1n) is 7.62. The molecule has 0 amide bonds. The second kappa shape index (κ2) is 6.38. The van der Waals surface area contributed by atoms with Crippen molar-refractivity contribution in [2.24, 2.45) is 0 Å². The van der Waals surface area contributed by atoms with E-state index in [0.29, 0.717) is 5.25 Å². The SMILES string of the molecule is Brc1cccc(C2c3ccccc3C=C[S+]2c2ccccc2)c1. The predicted octanol–water partition coefficient (Wildman–Crippen LogP) is 6.20. The van der Waals surface area contributed by atoms with Crippen LogP contribution in [0, 0.1) is 0 Å². The van der Waals surface area contributed by atoms with Crippen molar-refractivity contribution in [2.45, 2.75) is 10.1 Å². The van der Waals surface area contributed by atoms with E-state index in [1.807, 2.05) is 0 Å². The monoisotopic (exact) mass is 379 g/mol. The van der Waals surface area contributed by atoms with Gasteiger partial charge in [0, 0.05) is 15.6 Å². The van der Waals surface area contributed by atoms with Crippen molar-refractivity contribution in [3.05, 3.63) is 105 Å². The summed E-state index contributed by atoms with van der Waals surface area (Å²) in [6.07, 6.45) is 2.28. The van der Waals surface area contributed by atoms with Crippen LogP contribution in [0.15, 0.2) is 93.6 Å². The Kier molecular flexibility index (Phi) is 4.11. The third-order valence-electron chi connectivity index (χ3n) is 4.09. The third-order valence-corrected chi connectivity index (χ3v) is 6.87. The molecule has 0 fully saturated rings. The van der Waals surface area contributed by atoms with Crippen molar-refractivity contribution < 1.29 is 0 Å². The Morgan fingerprint density at radius 2 is 1.57 bits per heavy atom. The quantitative estimate of drug-likeness (QED) is 0.465. The minimum atomic E-state index is 0.0322. The molecule has 0 saturated heterocycles. The highest BCUT2D eigenvalue weighted by atomic mass is 79.9. The van der Waals surface area contributed by atoms with Gasteiger partial charge in [-0.25, -0.2) is 0 Å². The normalized spacial score (nSPS) is 19.3. The van der Waals surface area contributed by atoms with E-state index in [1.54, 1.807) is 0 Å². The lowest BCUT2D eigenvalue weighted by atomic mass is 9.99. The lowest BCUT2D eigenvalue weighted by Gasteiger charge is -2.22. The highest BCUT2D eigenvalue weighted by Crippen LogP contribution is 2.42. The van der Waals surface area contributed by atoms with E-state index in [1.165, 1.54) is 21.6 Å². The first-order valence-corrected chi connectivity index (χ1v) is 9.77. The maximum atomic E-state index is 3.63. The molecule has 1 heterocycles. The molecule has 2 atom stereocenters. The molecule has 3 aromatic carbocycles. The zero-order chi connectivity index (χ0) is 15.6. The summed E-state index contributed by atoms with van der Waals surface area (Å²) in [5, 5.41) is 2.75. The van der Waals surface area contributed by atoms with Crippen molar-refractivity contribution in [2.75, 3.05) is 0 Å². The summed E-state index contributed by atoms with van der Waals surface area (Å²) in [7, 11) is 0.0322. The Hall–Kier alpha value is -1.77. The van der Waals surface area contributed by atoms with Crippen molar-refractivity contribution in [3.63, 3.8) is 0 Å². The second-order valence-corrected chi connectivity index (χ2v) is 8.43. The molecule has 1 aliphatic heterocycles. The zero-order valence-electron chi connectivity index (χ0n) is 12.5. The molecular weight excluding hydrogens is 364 g/mol. The topological polar surface area (TPSA) is 0 Å². The van der Waals surface area contributed by atoms with Gasteiger partial charge < -0.3 is 0 Å². The average Bonchev–Trinajstić information content (AvgIpc) is 2.61. The van der Waals surface area contributed by atoms with Crippen LogP contribution in [0.3, 0.4) is 0 Å². The molecule has 0 saturated carbocycles. The molecule has 0 N–H and O–H groups in total. The van der Waals surface area contributed by atoms with Crippen LogP contribution in [0.5, 0.6) is 0 Å². The van der Waals surface area contributed by atoms with Gasteiger partial charge in [0.2, 0.25) is 0 Å². The Morgan fingerprint density at radius 3 is 2.39 bits per heavy atom. The molecule has 3 aromatic rings. The molecule has 2 heteroatoms. The minimum absolute atomic E-state index is 0.0322. The van der Waals surface area contributed by atoms with Crippen molar-refractivity contribution >= 4 is 32.9 Å².